The van der Waals surface area contributed by atoms with Crippen LogP contribution in [0.5, 0.6) is 5.75 Å². The van der Waals surface area contributed by atoms with Crippen molar-refractivity contribution < 1.29 is 9.13 Å². The van der Waals surface area contributed by atoms with Crippen LogP contribution in [0.2, 0.25) is 0 Å². The van der Waals surface area contributed by atoms with Gasteiger partial charge >= 0.3 is 0 Å². The second-order valence-electron chi connectivity index (χ2n) is 4.85. The van der Waals surface area contributed by atoms with Gasteiger partial charge in [-0.3, -0.25) is 9.78 Å². The van der Waals surface area contributed by atoms with Crippen LogP contribution in [0.4, 0.5) is 16.0 Å². The minimum Gasteiger partial charge on any atom is -0.497 e. The second-order valence-corrected chi connectivity index (χ2v) is 4.85. The highest BCUT2D eigenvalue weighted by atomic mass is 19.1. The Labute approximate surface area is 131 Å². The number of rotatable bonds is 4. The Hall–Kier alpha value is -3.15. The van der Waals surface area contributed by atoms with Crippen LogP contribution in [0.15, 0.2) is 59.4 Å². The standard InChI is InChI=1S/C17H14FN3O2/c1-23-14-7-2-4-11(8-14)15-10-16(22)21-17(20-15)19-13-6-3-5-12(18)9-13/h2-10H,1H3,(H2,19,20,21,22). The van der Waals surface area contributed by atoms with Gasteiger partial charge in [0.1, 0.15) is 11.6 Å². The molecule has 0 spiro atoms. The zero-order valence-corrected chi connectivity index (χ0v) is 12.3. The van der Waals surface area contributed by atoms with Crippen LogP contribution in [-0.4, -0.2) is 17.1 Å². The first-order chi connectivity index (χ1) is 11.1. The van der Waals surface area contributed by atoms with Crippen molar-refractivity contribution in [3.8, 4) is 17.0 Å². The van der Waals surface area contributed by atoms with Gasteiger partial charge in [0.2, 0.25) is 5.95 Å². The molecule has 0 aliphatic carbocycles. The minimum atomic E-state index is -0.374. The topological polar surface area (TPSA) is 67.0 Å². The van der Waals surface area contributed by atoms with E-state index in [1.54, 1.807) is 25.3 Å². The Morgan fingerprint density at radius 1 is 1.13 bits per heavy atom. The molecule has 116 valence electrons. The zero-order chi connectivity index (χ0) is 16.2. The first kappa shape index (κ1) is 14.8. The molecule has 2 N–H and O–H groups in total. The molecule has 0 bridgehead atoms. The summed E-state index contributed by atoms with van der Waals surface area (Å²) in [6.45, 7) is 0. The molecule has 0 atom stereocenters. The third-order valence-electron chi connectivity index (χ3n) is 3.19. The van der Waals surface area contributed by atoms with Crippen molar-refractivity contribution in [3.63, 3.8) is 0 Å². The van der Waals surface area contributed by atoms with Gasteiger partial charge in [-0.05, 0) is 30.3 Å². The van der Waals surface area contributed by atoms with E-state index in [4.69, 9.17) is 4.74 Å². The summed E-state index contributed by atoms with van der Waals surface area (Å²) < 4.78 is 18.4. The summed E-state index contributed by atoms with van der Waals surface area (Å²) in [6, 6.07) is 14.5. The number of nitrogens with zero attached hydrogens (tertiary/aromatic N) is 1. The van der Waals surface area contributed by atoms with Gasteiger partial charge in [-0.2, -0.15) is 0 Å². The molecule has 3 aromatic rings. The van der Waals surface area contributed by atoms with Crippen LogP contribution in [0.25, 0.3) is 11.3 Å². The van der Waals surface area contributed by atoms with Gasteiger partial charge < -0.3 is 10.1 Å². The lowest BCUT2D eigenvalue weighted by Gasteiger charge is -2.08. The molecule has 0 aliphatic rings. The Morgan fingerprint density at radius 3 is 2.74 bits per heavy atom. The number of hydrogen-bond donors (Lipinski definition) is 2. The Morgan fingerprint density at radius 2 is 1.96 bits per heavy atom. The first-order valence-corrected chi connectivity index (χ1v) is 6.92. The van der Waals surface area contributed by atoms with E-state index in [9.17, 15) is 9.18 Å². The van der Waals surface area contributed by atoms with Crippen molar-refractivity contribution in [1.29, 1.82) is 0 Å². The van der Waals surface area contributed by atoms with Crippen molar-refractivity contribution in [2.45, 2.75) is 0 Å². The summed E-state index contributed by atoms with van der Waals surface area (Å²) in [6.07, 6.45) is 0. The molecular weight excluding hydrogens is 297 g/mol. The maximum Gasteiger partial charge on any atom is 0.252 e. The highest BCUT2D eigenvalue weighted by molar-refractivity contribution is 5.63. The molecule has 0 radical (unpaired) electrons. The molecule has 0 saturated heterocycles. The third kappa shape index (κ3) is 3.55. The molecule has 6 heteroatoms. The summed E-state index contributed by atoms with van der Waals surface area (Å²) >= 11 is 0. The van der Waals surface area contributed by atoms with E-state index >= 15 is 0 Å². The average Bonchev–Trinajstić information content (AvgIpc) is 2.54. The maximum atomic E-state index is 13.2. The number of benzene rings is 2. The molecule has 0 aliphatic heterocycles. The van der Waals surface area contributed by atoms with E-state index in [1.165, 1.54) is 18.2 Å². The average molecular weight is 311 g/mol. The lowest BCUT2D eigenvalue weighted by Crippen LogP contribution is -2.10. The van der Waals surface area contributed by atoms with E-state index in [-0.39, 0.29) is 17.3 Å². The number of hydrogen-bond acceptors (Lipinski definition) is 4. The molecular formula is C17H14FN3O2. The van der Waals surface area contributed by atoms with E-state index in [0.717, 1.165) is 5.56 Å². The van der Waals surface area contributed by atoms with Crippen molar-refractivity contribution in [3.05, 3.63) is 70.8 Å². The molecule has 1 aromatic heterocycles. The SMILES string of the molecule is COc1cccc(-c2cc(=O)[nH]c(Nc3cccc(F)c3)n2)c1. The molecule has 0 saturated carbocycles. The third-order valence-corrected chi connectivity index (χ3v) is 3.19. The fourth-order valence-electron chi connectivity index (χ4n) is 2.15. The van der Waals surface area contributed by atoms with Gasteiger partial charge in [-0.1, -0.05) is 18.2 Å². The quantitative estimate of drug-likeness (QED) is 0.775. The van der Waals surface area contributed by atoms with Crippen molar-refractivity contribution >= 4 is 11.6 Å². The molecule has 2 aromatic carbocycles. The number of methoxy groups -OCH3 is 1. The van der Waals surface area contributed by atoms with Crippen LogP contribution in [0.3, 0.4) is 0 Å². The van der Waals surface area contributed by atoms with Crippen LogP contribution in [0, 0.1) is 5.82 Å². The van der Waals surface area contributed by atoms with E-state index in [2.05, 4.69) is 15.3 Å². The van der Waals surface area contributed by atoms with Gasteiger partial charge in [-0.25, -0.2) is 9.37 Å². The number of H-pyrrole nitrogens is 1. The van der Waals surface area contributed by atoms with Gasteiger partial charge in [-0.15, -0.1) is 0 Å². The summed E-state index contributed by atoms with van der Waals surface area (Å²) in [5, 5.41) is 2.89. The first-order valence-electron chi connectivity index (χ1n) is 6.92. The molecule has 3 rings (SSSR count). The number of halogens is 1. The number of aromatic nitrogens is 2. The number of aromatic amines is 1. The summed E-state index contributed by atoms with van der Waals surface area (Å²) in [7, 11) is 1.57. The predicted molar refractivity (Wildman–Crippen MR) is 86.5 cm³/mol. The second kappa shape index (κ2) is 6.31. The molecule has 1 heterocycles. The normalized spacial score (nSPS) is 10.3. The molecule has 5 nitrogen and oxygen atoms in total. The summed E-state index contributed by atoms with van der Waals surface area (Å²) in [4.78, 5) is 18.8. The molecule has 0 fully saturated rings. The largest absolute Gasteiger partial charge is 0.497 e. The molecule has 0 unspecified atom stereocenters. The Kier molecular flexibility index (Phi) is 4.05. The summed E-state index contributed by atoms with van der Waals surface area (Å²) in [5.41, 5.74) is 1.43. The highest BCUT2D eigenvalue weighted by Gasteiger charge is 2.06. The Bertz CT molecular complexity index is 893. The monoisotopic (exact) mass is 311 g/mol. The van der Waals surface area contributed by atoms with Gasteiger partial charge in [0, 0.05) is 17.3 Å². The van der Waals surface area contributed by atoms with Crippen molar-refractivity contribution in [2.75, 3.05) is 12.4 Å². The Balaban J connectivity index is 1.97. The fraction of sp³-hybridized carbons (Fsp3) is 0.0588. The van der Waals surface area contributed by atoms with Gasteiger partial charge in [0.25, 0.3) is 5.56 Å². The van der Waals surface area contributed by atoms with Crippen molar-refractivity contribution in [2.24, 2.45) is 0 Å². The van der Waals surface area contributed by atoms with E-state index < -0.39 is 0 Å². The molecule has 23 heavy (non-hydrogen) atoms. The number of nitrogens with one attached hydrogen (secondary N) is 2. The van der Waals surface area contributed by atoms with Gasteiger partial charge in [0.15, 0.2) is 0 Å². The smallest absolute Gasteiger partial charge is 0.252 e. The lowest BCUT2D eigenvalue weighted by atomic mass is 10.1. The predicted octanol–water partition coefficient (Wildman–Crippen LogP) is 3.33. The lowest BCUT2D eigenvalue weighted by molar-refractivity contribution is 0.415. The van der Waals surface area contributed by atoms with Crippen LogP contribution in [-0.2, 0) is 0 Å². The van der Waals surface area contributed by atoms with E-state index in [0.29, 0.717) is 17.1 Å². The van der Waals surface area contributed by atoms with E-state index in [1.807, 2.05) is 18.2 Å². The fourth-order valence-corrected chi connectivity index (χ4v) is 2.15. The van der Waals surface area contributed by atoms with Crippen LogP contribution in [0.1, 0.15) is 0 Å². The summed E-state index contributed by atoms with van der Waals surface area (Å²) in [5.74, 6) is 0.534. The number of anilines is 2. The maximum absolute atomic E-state index is 13.2. The molecule has 0 amide bonds. The zero-order valence-electron chi connectivity index (χ0n) is 12.3. The van der Waals surface area contributed by atoms with Gasteiger partial charge in [0.05, 0.1) is 12.8 Å². The van der Waals surface area contributed by atoms with Crippen LogP contribution >= 0.6 is 0 Å². The van der Waals surface area contributed by atoms with Crippen molar-refractivity contribution in [1.82, 2.24) is 9.97 Å². The number of ether oxygens (including phenoxy) is 1. The minimum absolute atomic E-state index is 0.237. The highest BCUT2D eigenvalue weighted by Crippen LogP contribution is 2.22. The van der Waals surface area contributed by atoms with Crippen LogP contribution < -0.4 is 15.6 Å².